The van der Waals surface area contributed by atoms with Gasteiger partial charge in [-0.15, -0.1) is 0 Å². The maximum absolute atomic E-state index is 12.7. The molecule has 6 N–H and O–H groups in total. The van der Waals surface area contributed by atoms with E-state index >= 15 is 0 Å². The van der Waals surface area contributed by atoms with E-state index in [0.29, 0.717) is 12.8 Å². The van der Waals surface area contributed by atoms with Crippen molar-refractivity contribution in [3.8, 4) is 0 Å². The molecule has 1 unspecified atom stereocenters. The molecule has 0 aromatic carbocycles. The fraction of sp³-hybridized carbons (Fsp3) is 0.953. The third-order valence-corrected chi connectivity index (χ3v) is 11.7. The minimum absolute atomic E-state index is 0.0840. The highest BCUT2D eigenvalue weighted by Crippen LogP contribution is 2.43. The van der Waals surface area contributed by atoms with Crippen LogP contribution in [0, 0.1) is 0 Å². The predicted molar refractivity (Wildman–Crippen MR) is 225 cm³/mol. The van der Waals surface area contributed by atoms with Gasteiger partial charge in [-0.25, -0.2) is 4.57 Å². The molecule has 6 atom stereocenters. The van der Waals surface area contributed by atoms with E-state index in [4.69, 9.17) is 23.3 Å². The Morgan fingerprint density at radius 3 is 1.57 bits per heavy atom. The molecule has 1 aliphatic rings. The molecule has 0 saturated carbocycles. The number of nitrogens with one attached hydrogen (secondary N) is 1. The van der Waals surface area contributed by atoms with Gasteiger partial charge in [-0.2, -0.15) is 0 Å². The van der Waals surface area contributed by atoms with E-state index in [-0.39, 0.29) is 39.1 Å². The summed E-state index contributed by atoms with van der Waals surface area (Å²) in [6.45, 7) is 2.38. The zero-order chi connectivity index (χ0) is 42.7. The van der Waals surface area contributed by atoms with Crippen molar-refractivity contribution in [2.75, 3.05) is 39.5 Å². The second kappa shape index (κ2) is 35.4. The molecule has 1 rings (SSSR count). The molecule has 0 amide bonds. The van der Waals surface area contributed by atoms with Crippen molar-refractivity contribution in [3.63, 3.8) is 0 Å². The fourth-order valence-corrected chi connectivity index (χ4v) is 7.71. The summed E-state index contributed by atoms with van der Waals surface area (Å²) in [5, 5.41) is 42.6. The topological polar surface area (TPSA) is 211 Å². The summed E-state index contributed by atoms with van der Waals surface area (Å²) in [5.74, 6) is -3.14. The van der Waals surface area contributed by atoms with E-state index in [1.54, 1.807) is 0 Å². The standard InChI is InChI=1S/C43H84NO13P/c1-3-5-7-9-11-13-15-17-19-21-23-25-27-29-39(46)53-33-37(57-40(47)30-28-26-24-22-20-18-16-14-12-10-8-6-4-2)34-56-58(51,52)55-32-31-44-36-43(50)42(49)41(48)38(45)35-54-43/h37-38,41-42,44-45,48-50H,3-36H2,1-2H3,(H,51,52)/t37-,38-,41-,42+,43-/m1/s1. The van der Waals surface area contributed by atoms with Crippen molar-refractivity contribution in [3.05, 3.63) is 0 Å². The van der Waals surface area contributed by atoms with Gasteiger partial charge in [0.15, 0.2) is 6.10 Å². The van der Waals surface area contributed by atoms with Crippen molar-refractivity contribution in [2.45, 2.75) is 224 Å². The van der Waals surface area contributed by atoms with Crippen molar-refractivity contribution < 1.29 is 62.7 Å². The lowest BCUT2D eigenvalue weighted by Gasteiger charge is -2.41. The highest BCUT2D eigenvalue weighted by molar-refractivity contribution is 7.47. The largest absolute Gasteiger partial charge is 0.472 e. The van der Waals surface area contributed by atoms with Crippen LogP contribution >= 0.6 is 7.82 Å². The second-order valence-corrected chi connectivity index (χ2v) is 17.7. The number of phosphoric ester groups is 1. The van der Waals surface area contributed by atoms with E-state index in [9.17, 15) is 39.5 Å². The van der Waals surface area contributed by atoms with Gasteiger partial charge in [0.2, 0.25) is 5.79 Å². The van der Waals surface area contributed by atoms with Gasteiger partial charge < -0.3 is 44.8 Å². The predicted octanol–water partition coefficient (Wildman–Crippen LogP) is 7.93. The minimum Gasteiger partial charge on any atom is -0.462 e. The van der Waals surface area contributed by atoms with Gasteiger partial charge >= 0.3 is 19.8 Å². The highest BCUT2D eigenvalue weighted by atomic mass is 31.2. The summed E-state index contributed by atoms with van der Waals surface area (Å²) in [6.07, 6.45) is 25.3. The molecule has 14 nitrogen and oxygen atoms in total. The first-order valence-corrected chi connectivity index (χ1v) is 24.5. The molecule has 0 aromatic rings. The molecule has 0 bridgehead atoms. The van der Waals surface area contributed by atoms with Gasteiger partial charge in [0.05, 0.1) is 26.4 Å². The number of esters is 2. The zero-order valence-electron chi connectivity index (χ0n) is 36.3. The van der Waals surface area contributed by atoms with Gasteiger partial charge in [0, 0.05) is 19.4 Å². The van der Waals surface area contributed by atoms with Crippen molar-refractivity contribution in [1.82, 2.24) is 5.32 Å². The molecule has 1 heterocycles. The summed E-state index contributed by atoms with van der Waals surface area (Å²) < 4.78 is 38.7. The summed E-state index contributed by atoms with van der Waals surface area (Å²) in [7, 11) is -4.64. The van der Waals surface area contributed by atoms with Crippen LogP contribution in [0.15, 0.2) is 0 Å². The number of unbranched alkanes of at least 4 members (excludes halogenated alkanes) is 24. The summed E-state index contributed by atoms with van der Waals surface area (Å²) >= 11 is 0. The lowest BCUT2D eigenvalue weighted by Crippen LogP contribution is -2.64. The Kier molecular flexibility index (Phi) is 33.5. The first-order valence-electron chi connectivity index (χ1n) is 23.0. The number of carbonyl (C=O) groups excluding carboxylic acids is 2. The number of ether oxygens (including phenoxy) is 3. The van der Waals surface area contributed by atoms with Crippen LogP contribution < -0.4 is 5.32 Å². The van der Waals surface area contributed by atoms with Gasteiger partial charge in [0.25, 0.3) is 0 Å². The summed E-state index contributed by atoms with van der Waals surface area (Å²) in [4.78, 5) is 35.5. The number of aliphatic hydroxyl groups is 4. The monoisotopic (exact) mass is 854 g/mol. The second-order valence-electron chi connectivity index (χ2n) is 16.2. The van der Waals surface area contributed by atoms with Crippen LogP contribution in [0.1, 0.15) is 194 Å². The molecule has 15 heteroatoms. The number of aliphatic hydroxyl groups excluding tert-OH is 3. The van der Waals surface area contributed by atoms with E-state index in [1.807, 2.05) is 0 Å². The van der Waals surface area contributed by atoms with Crippen molar-refractivity contribution in [2.24, 2.45) is 0 Å². The molecule has 1 fully saturated rings. The van der Waals surface area contributed by atoms with Crippen LogP contribution in [0.3, 0.4) is 0 Å². The highest BCUT2D eigenvalue weighted by Gasteiger charge is 2.48. The number of hydrogen-bond donors (Lipinski definition) is 6. The Balaban J connectivity index is 2.41. The quantitative estimate of drug-likeness (QED) is 0.0197. The molecule has 0 aliphatic carbocycles. The molecular formula is C43H84NO13P. The van der Waals surface area contributed by atoms with Gasteiger partial charge in [0.1, 0.15) is 24.9 Å². The molecule has 1 aliphatic heterocycles. The lowest BCUT2D eigenvalue weighted by molar-refractivity contribution is -0.317. The Bertz CT molecular complexity index is 1060. The average Bonchev–Trinajstić information content (AvgIpc) is 3.20. The molecule has 1 saturated heterocycles. The van der Waals surface area contributed by atoms with E-state index in [0.717, 1.165) is 38.5 Å². The Morgan fingerprint density at radius 1 is 0.672 bits per heavy atom. The van der Waals surface area contributed by atoms with Crippen LogP contribution in [0.25, 0.3) is 0 Å². The Labute approximate surface area is 350 Å². The molecule has 344 valence electrons. The molecule has 0 aromatic heterocycles. The SMILES string of the molecule is CCCCCCCCCCCCCCCC(=O)OC[C@H](COP(=O)(O)OCCNC[C@@]1(O)OC[C@@H](O)[C@@H](O)[C@@H]1O)OC(=O)CCCCCCCCCCCCCCC. The van der Waals surface area contributed by atoms with Crippen molar-refractivity contribution in [1.29, 1.82) is 0 Å². The van der Waals surface area contributed by atoms with Crippen LogP contribution in [0.4, 0.5) is 0 Å². The maximum Gasteiger partial charge on any atom is 0.472 e. The van der Waals surface area contributed by atoms with Crippen LogP contribution in [0.5, 0.6) is 0 Å². The van der Waals surface area contributed by atoms with Crippen LogP contribution in [0.2, 0.25) is 0 Å². The van der Waals surface area contributed by atoms with Crippen LogP contribution in [-0.4, -0.2) is 107 Å². The van der Waals surface area contributed by atoms with Gasteiger partial charge in [-0.3, -0.25) is 18.6 Å². The number of rotatable bonds is 40. The third-order valence-electron chi connectivity index (χ3n) is 10.7. The molecular weight excluding hydrogens is 769 g/mol. The molecule has 0 radical (unpaired) electrons. The Morgan fingerprint density at radius 2 is 1.10 bits per heavy atom. The smallest absolute Gasteiger partial charge is 0.462 e. The van der Waals surface area contributed by atoms with Gasteiger partial charge in [-0.1, -0.05) is 168 Å². The molecule has 58 heavy (non-hydrogen) atoms. The van der Waals surface area contributed by atoms with E-state index in [2.05, 4.69) is 19.2 Å². The lowest BCUT2D eigenvalue weighted by atomic mass is 9.97. The average molecular weight is 854 g/mol. The number of carbonyl (C=O) groups is 2. The van der Waals surface area contributed by atoms with E-state index < -0.39 is 63.2 Å². The third kappa shape index (κ3) is 29.1. The van der Waals surface area contributed by atoms with E-state index in [1.165, 1.54) is 116 Å². The number of phosphoric acid groups is 1. The summed E-state index contributed by atoms with van der Waals surface area (Å²) in [6, 6.07) is 0. The fourth-order valence-electron chi connectivity index (χ4n) is 6.96. The first kappa shape index (κ1) is 54.8. The molecule has 0 spiro atoms. The Hall–Kier alpha value is -1.19. The number of hydrogen-bond acceptors (Lipinski definition) is 13. The van der Waals surface area contributed by atoms with Crippen LogP contribution in [-0.2, 0) is 37.4 Å². The summed E-state index contributed by atoms with van der Waals surface area (Å²) in [5.41, 5.74) is 0. The minimum atomic E-state index is -4.64. The maximum atomic E-state index is 12.7. The van der Waals surface area contributed by atoms with Crippen molar-refractivity contribution >= 4 is 19.8 Å². The normalized spacial score (nSPS) is 21.1. The zero-order valence-corrected chi connectivity index (χ0v) is 37.2. The van der Waals surface area contributed by atoms with Gasteiger partial charge in [-0.05, 0) is 12.8 Å². The first-order chi connectivity index (χ1) is 27.9.